The number of para-hydroxylation sites is 2. The van der Waals surface area contributed by atoms with Crippen LogP contribution in [0.3, 0.4) is 0 Å². The highest BCUT2D eigenvalue weighted by atomic mass is 79.9. The minimum Gasteiger partial charge on any atom is -0.493 e. The van der Waals surface area contributed by atoms with E-state index < -0.39 is 5.92 Å². The molecule has 0 aliphatic rings. The molecule has 5 rings (SSSR count). The zero-order chi connectivity index (χ0) is 27.7. The van der Waals surface area contributed by atoms with Crippen molar-refractivity contribution in [2.45, 2.75) is 26.7 Å². The fourth-order valence-corrected chi connectivity index (χ4v) is 5.56. The Labute approximate surface area is 233 Å². The van der Waals surface area contributed by atoms with Gasteiger partial charge < -0.3 is 9.47 Å². The molecule has 8 nitrogen and oxygen atoms in total. The molecule has 3 aromatic carbocycles. The van der Waals surface area contributed by atoms with Crippen LogP contribution in [-0.4, -0.2) is 33.3 Å². The molecule has 5 aromatic rings. The van der Waals surface area contributed by atoms with Gasteiger partial charge in [0.15, 0.2) is 11.5 Å². The number of H-pyrrole nitrogens is 2. The lowest BCUT2D eigenvalue weighted by atomic mass is 9.85. The second-order valence-electron chi connectivity index (χ2n) is 9.15. The third-order valence-corrected chi connectivity index (χ3v) is 7.30. The van der Waals surface area contributed by atoms with Crippen LogP contribution in [0.1, 0.15) is 40.9 Å². The van der Waals surface area contributed by atoms with Crippen molar-refractivity contribution in [2.24, 2.45) is 0 Å². The number of aromatic amines is 2. The van der Waals surface area contributed by atoms with Gasteiger partial charge in [-0.3, -0.25) is 19.8 Å². The average Bonchev–Trinajstić information content (AvgIpc) is 3.41. The smallest absolute Gasteiger partial charge is 0.275 e. The van der Waals surface area contributed by atoms with Crippen molar-refractivity contribution in [3.8, 4) is 22.9 Å². The number of nitrogens with zero attached hydrogens (tertiary/aromatic N) is 2. The van der Waals surface area contributed by atoms with Crippen molar-refractivity contribution in [1.82, 2.24) is 19.6 Å². The van der Waals surface area contributed by atoms with Gasteiger partial charge in [-0.25, -0.2) is 9.36 Å². The van der Waals surface area contributed by atoms with Crippen LogP contribution in [0.4, 0.5) is 0 Å². The van der Waals surface area contributed by atoms with E-state index in [1.165, 1.54) is 9.36 Å². The predicted octanol–water partition coefficient (Wildman–Crippen LogP) is 5.61. The number of hydrogen-bond acceptors (Lipinski definition) is 4. The molecule has 0 aliphatic heterocycles. The van der Waals surface area contributed by atoms with Gasteiger partial charge in [-0.1, -0.05) is 36.4 Å². The summed E-state index contributed by atoms with van der Waals surface area (Å²) in [5, 5.41) is 6.44. The number of methoxy groups -OCH3 is 1. The Bertz CT molecular complexity index is 1640. The van der Waals surface area contributed by atoms with Gasteiger partial charge in [-0.15, -0.1) is 0 Å². The molecule has 2 N–H and O–H groups in total. The highest BCUT2D eigenvalue weighted by Crippen LogP contribution is 2.42. The van der Waals surface area contributed by atoms with Crippen molar-refractivity contribution in [3.63, 3.8) is 0 Å². The molecule has 0 amide bonds. The van der Waals surface area contributed by atoms with Crippen LogP contribution >= 0.6 is 15.9 Å². The summed E-state index contributed by atoms with van der Waals surface area (Å²) in [5.41, 5.74) is 3.89. The summed E-state index contributed by atoms with van der Waals surface area (Å²) in [5.74, 6) is 0.357. The van der Waals surface area contributed by atoms with Crippen molar-refractivity contribution in [2.75, 3.05) is 13.7 Å². The zero-order valence-electron chi connectivity index (χ0n) is 22.1. The second-order valence-corrected chi connectivity index (χ2v) is 10.0. The van der Waals surface area contributed by atoms with E-state index in [0.29, 0.717) is 62.0 Å². The lowest BCUT2D eigenvalue weighted by molar-refractivity contribution is 0.308. The molecule has 2 heterocycles. The molecule has 200 valence electrons. The van der Waals surface area contributed by atoms with Gasteiger partial charge in [-0.05, 0) is 78.7 Å². The maximum atomic E-state index is 14.0. The first-order chi connectivity index (χ1) is 18.8. The number of halogens is 1. The third kappa shape index (κ3) is 4.74. The maximum absolute atomic E-state index is 14.0. The van der Waals surface area contributed by atoms with Crippen LogP contribution in [0.2, 0.25) is 0 Å². The van der Waals surface area contributed by atoms with E-state index >= 15 is 0 Å². The molecule has 0 spiro atoms. The van der Waals surface area contributed by atoms with Crippen molar-refractivity contribution >= 4 is 15.9 Å². The Morgan fingerprint density at radius 3 is 1.74 bits per heavy atom. The van der Waals surface area contributed by atoms with Gasteiger partial charge in [0.25, 0.3) is 11.1 Å². The minimum atomic E-state index is -0.701. The Hall–Kier alpha value is -4.24. The first kappa shape index (κ1) is 26.4. The van der Waals surface area contributed by atoms with Gasteiger partial charge in [0.1, 0.15) is 0 Å². The van der Waals surface area contributed by atoms with E-state index in [0.717, 1.165) is 0 Å². The Morgan fingerprint density at radius 2 is 1.31 bits per heavy atom. The molecular weight excluding hydrogens is 560 g/mol. The molecule has 0 bridgehead atoms. The predicted molar refractivity (Wildman–Crippen MR) is 155 cm³/mol. The molecule has 0 saturated carbocycles. The maximum Gasteiger partial charge on any atom is 0.275 e. The topological polar surface area (TPSA) is 94.0 Å². The summed E-state index contributed by atoms with van der Waals surface area (Å²) in [6.45, 7) is 6.05. The zero-order valence-corrected chi connectivity index (χ0v) is 23.7. The van der Waals surface area contributed by atoms with Crippen LogP contribution < -0.4 is 20.6 Å². The van der Waals surface area contributed by atoms with Crippen molar-refractivity contribution in [1.29, 1.82) is 0 Å². The normalized spacial score (nSPS) is 11.2. The van der Waals surface area contributed by atoms with Gasteiger partial charge >= 0.3 is 0 Å². The average molecular weight is 589 g/mol. The highest BCUT2D eigenvalue weighted by molar-refractivity contribution is 9.10. The number of aryl methyl sites for hydroxylation is 2. The molecule has 0 radical (unpaired) electrons. The number of rotatable bonds is 8. The summed E-state index contributed by atoms with van der Waals surface area (Å²) in [7, 11) is 1.57. The van der Waals surface area contributed by atoms with Gasteiger partial charge in [0.05, 0.1) is 40.7 Å². The molecule has 0 unspecified atom stereocenters. The number of nitrogens with one attached hydrogen (secondary N) is 2. The second kappa shape index (κ2) is 10.9. The molecular formula is C30H29BrN4O4. The van der Waals surface area contributed by atoms with E-state index in [-0.39, 0.29) is 11.1 Å². The fourth-order valence-electron chi connectivity index (χ4n) is 4.99. The molecule has 0 fully saturated rings. The largest absolute Gasteiger partial charge is 0.493 e. The summed E-state index contributed by atoms with van der Waals surface area (Å²) in [6, 6.07) is 22.4. The first-order valence-corrected chi connectivity index (χ1v) is 13.4. The summed E-state index contributed by atoms with van der Waals surface area (Å²) in [4.78, 5) is 28.1. The highest BCUT2D eigenvalue weighted by Gasteiger charge is 2.32. The monoisotopic (exact) mass is 588 g/mol. The van der Waals surface area contributed by atoms with Crippen LogP contribution in [0.25, 0.3) is 11.4 Å². The van der Waals surface area contributed by atoms with E-state index in [4.69, 9.17) is 9.47 Å². The van der Waals surface area contributed by atoms with E-state index in [9.17, 15) is 9.59 Å². The van der Waals surface area contributed by atoms with Gasteiger partial charge in [-0.2, -0.15) is 0 Å². The lowest BCUT2D eigenvalue weighted by Crippen LogP contribution is -2.25. The summed E-state index contributed by atoms with van der Waals surface area (Å²) in [6.07, 6.45) is 0. The van der Waals surface area contributed by atoms with E-state index in [2.05, 4.69) is 26.1 Å². The summed E-state index contributed by atoms with van der Waals surface area (Å²) >= 11 is 3.62. The Kier molecular flexibility index (Phi) is 7.34. The fraction of sp³-hybridized carbons (Fsp3) is 0.200. The molecule has 0 atom stereocenters. The van der Waals surface area contributed by atoms with Crippen LogP contribution in [0, 0.1) is 13.8 Å². The minimum absolute atomic E-state index is 0.237. The van der Waals surface area contributed by atoms with Crippen LogP contribution in [-0.2, 0) is 0 Å². The molecule has 39 heavy (non-hydrogen) atoms. The van der Waals surface area contributed by atoms with Crippen molar-refractivity contribution in [3.05, 3.63) is 126 Å². The quantitative estimate of drug-likeness (QED) is 0.246. The van der Waals surface area contributed by atoms with Crippen LogP contribution in [0.5, 0.6) is 11.5 Å². The van der Waals surface area contributed by atoms with Crippen LogP contribution in [0.15, 0.2) is 86.9 Å². The summed E-state index contributed by atoms with van der Waals surface area (Å²) < 4.78 is 15.2. The molecule has 0 aliphatic carbocycles. The number of aromatic nitrogens is 4. The third-order valence-electron chi connectivity index (χ3n) is 6.71. The number of hydrogen-bond donors (Lipinski definition) is 2. The SMILES string of the molecule is CCOc1c(Br)cc(C(c2c(C)[nH]n(-c3ccccc3)c2=O)c2c(C)[nH]n(-c3ccccc3)c2=O)cc1OC. The first-order valence-electron chi connectivity index (χ1n) is 12.6. The van der Waals surface area contributed by atoms with Crippen molar-refractivity contribution < 1.29 is 9.47 Å². The standard InChI is InChI=1S/C30H29BrN4O4/c1-5-39-28-23(31)16-20(17-24(28)38-4)27(25-18(2)32-34(29(25)36)21-12-8-6-9-13-21)26-19(3)33-35(30(26)37)22-14-10-7-11-15-22/h6-17,27,32-33H,5H2,1-4H3. The Morgan fingerprint density at radius 1 is 0.821 bits per heavy atom. The number of benzene rings is 3. The molecule has 9 heteroatoms. The molecule has 2 aromatic heterocycles. The number of ether oxygens (including phenoxy) is 2. The molecule has 0 saturated heterocycles. The van der Waals surface area contributed by atoms with Gasteiger partial charge in [0.2, 0.25) is 0 Å². The van der Waals surface area contributed by atoms with E-state index in [1.807, 2.05) is 93.6 Å². The Balaban J connectivity index is 1.81. The lowest BCUT2D eigenvalue weighted by Gasteiger charge is -2.19. The van der Waals surface area contributed by atoms with E-state index in [1.54, 1.807) is 7.11 Å². The van der Waals surface area contributed by atoms with Gasteiger partial charge in [0, 0.05) is 17.3 Å².